The van der Waals surface area contributed by atoms with Crippen molar-refractivity contribution in [1.29, 1.82) is 0 Å². The molecule has 1 aliphatic carbocycles. The summed E-state index contributed by atoms with van der Waals surface area (Å²) in [6.07, 6.45) is 4.53. The van der Waals surface area contributed by atoms with E-state index in [1.54, 1.807) is 0 Å². The van der Waals surface area contributed by atoms with Crippen molar-refractivity contribution in [2.75, 3.05) is 13.2 Å². The van der Waals surface area contributed by atoms with Gasteiger partial charge in [-0.1, -0.05) is 12.8 Å². The van der Waals surface area contributed by atoms with Crippen molar-refractivity contribution in [3.8, 4) is 0 Å². The summed E-state index contributed by atoms with van der Waals surface area (Å²) in [4.78, 5) is 0. The lowest BCUT2D eigenvalue weighted by Gasteiger charge is -2.18. The molecule has 0 bridgehead atoms. The van der Waals surface area contributed by atoms with Gasteiger partial charge in [0.05, 0.1) is 0 Å². The van der Waals surface area contributed by atoms with Gasteiger partial charge in [-0.3, -0.25) is 0 Å². The van der Waals surface area contributed by atoms with Gasteiger partial charge in [0.2, 0.25) is 0 Å². The lowest BCUT2D eigenvalue weighted by Crippen LogP contribution is -2.23. The topological polar surface area (TPSA) is 9.23 Å². The second-order valence-electron chi connectivity index (χ2n) is 3.90. The summed E-state index contributed by atoms with van der Waals surface area (Å²) >= 11 is 0. The van der Waals surface area contributed by atoms with Crippen molar-refractivity contribution in [1.82, 2.24) is 0 Å². The minimum absolute atomic E-state index is 0.361. The van der Waals surface area contributed by atoms with Gasteiger partial charge in [-0.25, -0.2) is 0 Å². The second kappa shape index (κ2) is 4.87. The molecule has 0 radical (unpaired) electrons. The highest BCUT2D eigenvalue weighted by atomic mass is 19.4. The first kappa shape index (κ1) is 11.6. The molecule has 1 aliphatic rings. The first-order valence-corrected chi connectivity index (χ1v) is 4.95. The molecule has 0 saturated heterocycles. The third-order valence-corrected chi connectivity index (χ3v) is 2.58. The molecule has 0 atom stereocenters. The molecule has 0 N–H and O–H groups in total. The van der Waals surface area contributed by atoms with Crippen LogP contribution in [-0.2, 0) is 4.74 Å². The highest BCUT2D eigenvalue weighted by Crippen LogP contribution is 2.25. The second-order valence-corrected chi connectivity index (χ2v) is 3.90. The lowest BCUT2D eigenvalue weighted by molar-refractivity contribution is 0.120. The third kappa shape index (κ3) is 3.74. The predicted octanol–water partition coefficient (Wildman–Crippen LogP) is 3.14. The molecule has 5 heteroatoms. The molecule has 0 aromatic rings. The van der Waals surface area contributed by atoms with E-state index in [-0.39, 0.29) is 6.61 Å². The van der Waals surface area contributed by atoms with Crippen LogP contribution in [0.15, 0.2) is 12.1 Å². The van der Waals surface area contributed by atoms with Crippen LogP contribution >= 0.6 is 0 Å². The maximum Gasteiger partial charge on any atom is 0.507 e. The zero-order chi connectivity index (χ0) is 10.6. The largest absolute Gasteiger partial charge is 0.507 e. The molecular weight excluding hydrogens is 192 g/mol. The lowest BCUT2D eigenvalue weighted by atomic mass is 9.81. The number of hydrogen-bond acceptors (Lipinski definition) is 1. The van der Waals surface area contributed by atoms with Crippen molar-refractivity contribution < 1.29 is 17.7 Å². The maximum atomic E-state index is 12.0. The predicted molar refractivity (Wildman–Crippen MR) is 51.0 cm³/mol. The van der Waals surface area contributed by atoms with E-state index in [0.29, 0.717) is 12.5 Å². The third-order valence-electron chi connectivity index (χ3n) is 2.58. The number of rotatable bonds is 5. The highest BCUT2D eigenvalue weighted by Gasteiger charge is 2.26. The van der Waals surface area contributed by atoms with E-state index in [0.717, 1.165) is 12.8 Å². The average molecular weight is 207 g/mol. The summed E-state index contributed by atoms with van der Waals surface area (Å²) in [6, 6.07) is 0. The molecule has 0 amide bonds. The van der Waals surface area contributed by atoms with Crippen LogP contribution in [0.4, 0.5) is 12.9 Å². The Balaban J connectivity index is 2.11. The summed E-state index contributed by atoms with van der Waals surface area (Å²) in [5.41, 5.74) is -0.733. The highest BCUT2D eigenvalue weighted by molar-refractivity contribution is 6.66. The molecule has 1 saturated carbocycles. The van der Waals surface area contributed by atoms with E-state index in [4.69, 9.17) is 4.74 Å². The fraction of sp³-hybridized carbons (Fsp3) is 0.778. The van der Waals surface area contributed by atoms with Crippen molar-refractivity contribution in [2.45, 2.75) is 25.7 Å². The van der Waals surface area contributed by atoms with Gasteiger partial charge < -0.3 is 17.7 Å². The Labute approximate surface area is 82.4 Å². The van der Waals surface area contributed by atoms with Crippen LogP contribution < -0.4 is 0 Å². The molecule has 0 heterocycles. The first-order chi connectivity index (χ1) is 6.50. The van der Waals surface area contributed by atoms with Crippen LogP contribution in [0.2, 0.25) is 0 Å². The van der Waals surface area contributed by atoms with Crippen molar-refractivity contribution in [3.63, 3.8) is 0 Å². The Kier molecular flexibility index (Phi) is 4.04. The Hall–Kier alpha value is -0.445. The fourth-order valence-corrected chi connectivity index (χ4v) is 1.63. The molecule has 0 unspecified atom stereocenters. The van der Waals surface area contributed by atoms with Crippen molar-refractivity contribution in [2.24, 2.45) is 5.92 Å². The van der Waals surface area contributed by atoms with Gasteiger partial charge in [-0.05, 0) is 18.8 Å². The molecular formula is C9H15BF3O-. The van der Waals surface area contributed by atoms with Crippen molar-refractivity contribution in [3.05, 3.63) is 12.1 Å². The Morgan fingerprint density at radius 2 is 1.86 bits per heavy atom. The van der Waals surface area contributed by atoms with E-state index < -0.39 is 12.4 Å². The van der Waals surface area contributed by atoms with Crippen LogP contribution in [0, 0.1) is 5.92 Å². The molecule has 1 rings (SSSR count). The van der Waals surface area contributed by atoms with E-state index in [1.165, 1.54) is 12.8 Å². The zero-order valence-corrected chi connectivity index (χ0v) is 8.15. The van der Waals surface area contributed by atoms with Gasteiger partial charge in [-0.15, -0.1) is 12.1 Å². The standard InChI is InChI=1S/C9H15BF3O/c1-8(10(11,12)13)6-14-7-9-4-2-3-5-9/h9H,1-7H2/q-1. The van der Waals surface area contributed by atoms with E-state index >= 15 is 0 Å². The Morgan fingerprint density at radius 1 is 1.29 bits per heavy atom. The molecule has 14 heavy (non-hydrogen) atoms. The van der Waals surface area contributed by atoms with Gasteiger partial charge in [0.1, 0.15) is 0 Å². The monoisotopic (exact) mass is 207 g/mol. The summed E-state index contributed by atoms with van der Waals surface area (Å²) in [5, 5.41) is 0. The van der Waals surface area contributed by atoms with Gasteiger partial charge in [-0.2, -0.15) is 0 Å². The summed E-state index contributed by atoms with van der Waals surface area (Å²) in [5.74, 6) is 0.462. The molecule has 0 aromatic carbocycles. The first-order valence-electron chi connectivity index (χ1n) is 4.95. The minimum Gasteiger partial charge on any atom is -0.445 e. The normalized spacial score (nSPS) is 18.8. The summed E-state index contributed by atoms with van der Waals surface area (Å²) < 4.78 is 41.1. The van der Waals surface area contributed by atoms with Crippen LogP contribution in [0.5, 0.6) is 0 Å². The van der Waals surface area contributed by atoms with Crippen LogP contribution in [0.3, 0.4) is 0 Å². The summed E-state index contributed by atoms with van der Waals surface area (Å²) in [6.45, 7) is -1.86. The van der Waals surface area contributed by atoms with E-state index in [2.05, 4.69) is 6.58 Å². The number of halogens is 3. The molecule has 0 spiro atoms. The van der Waals surface area contributed by atoms with Crippen LogP contribution in [0.1, 0.15) is 25.7 Å². The van der Waals surface area contributed by atoms with Gasteiger partial charge in [0, 0.05) is 13.2 Å². The van der Waals surface area contributed by atoms with Gasteiger partial charge >= 0.3 is 6.98 Å². The molecule has 0 aromatic heterocycles. The van der Waals surface area contributed by atoms with E-state index in [1.807, 2.05) is 0 Å². The quantitative estimate of drug-likeness (QED) is 0.629. The van der Waals surface area contributed by atoms with Gasteiger partial charge in [0.25, 0.3) is 0 Å². The Morgan fingerprint density at radius 3 is 2.36 bits per heavy atom. The van der Waals surface area contributed by atoms with Crippen LogP contribution in [-0.4, -0.2) is 20.2 Å². The maximum absolute atomic E-state index is 12.0. The molecule has 0 aliphatic heterocycles. The summed E-state index contributed by atoms with van der Waals surface area (Å²) in [7, 11) is 0. The Bertz CT molecular complexity index is 197. The van der Waals surface area contributed by atoms with E-state index in [9.17, 15) is 12.9 Å². The number of ether oxygens (including phenoxy) is 1. The molecule has 82 valence electrons. The minimum atomic E-state index is -4.92. The van der Waals surface area contributed by atoms with Crippen LogP contribution in [0.25, 0.3) is 0 Å². The van der Waals surface area contributed by atoms with Gasteiger partial charge in [0.15, 0.2) is 0 Å². The average Bonchev–Trinajstić information content (AvgIpc) is 2.55. The molecule has 1 nitrogen and oxygen atoms in total. The zero-order valence-electron chi connectivity index (χ0n) is 8.15. The molecule has 1 fully saturated rings. The smallest absolute Gasteiger partial charge is 0.445 e. The van der Waals surface area contributed by atoms with Crippen molar-refractivity contribution >= 4 is 6.98 Å². The SMILES string of the molecule is C=C(COCC1CCCC1)[B-](F)(F)F. The number of hydrogen-bond donors (Lipinski definition) is 0. The fourth-order valence-electron chi connectivity index (χ4n) is 1.63.